The highest BCUT2D eigenvalue weighted by atomic mass is 32.1. The van der Waals surface area contributed by atoms with Crippen LogP contribution in [0.5, 0.6) is 0 Å². The van der Waals surface area contributed by atoms with Gasteiger partial charge in [0.2, 0.25) is 5.91 Å². The van der Waals surface area contributed by atoms with Crippen LogP contribution >= 0.6 is 11.3 Å². The highest BCUT2D eigenvalue weighted by Gasteiger charge is 2.24. The molecule has 1 amide bonds. The number of benzene rings is 1. The van der Waals surface area contributed by atoms with Gasteiger partial charge in [-0.2, -0.15) is 0 Å². The molecule has 0 atom stereocenters. The molecule has 21 heavy (non-hydrogen) atoms. The van der Waals surface area contributed by atoms with Crippen LogP contribution in [0, 0.1) is 6.92 Å². The van der Waals surface area contributed by atoms with Crippen molar-refractivity contribution in [2.24, 2.45) is 0 Å². The van der Waals surface area contributed by atoms with Crippen molar-refractivity contribution in [2.45, 2.75) is 26.2 Å². The lowest BCUT2D eigenvalue weighted by Crippen LogP contribution is -2.29. The standard InChI is InChI=1S/C17H17NO2S/c1-12-6-8-16(21-12)15(19)7-9-17(20)18-11-10-13-4-2-3-5-14(13)18/h2-6,8H,7,9-11H2,1H3. The summed E-state index contributed by atoms with van der Waals surface area (Å²) in [6.07, 6.45) is 1.47. The van der Waals surface area contributed by atoms with Gasteiger partial charge in [0.1, 0.15) is 0 Å². The van der Waals surface area contributed by atoms with Crippen LogP contribution in [0.2, 0.25) is 0 Å². The number of thiophene rings is 1. The number of nitrogens with zero attached hydrogens (tertiary/aromatic N) is 1. The predicted molar refractivity (Wildman–Crippen MR) is 85.1 cm³/mol. The van der Waals surface area contributed by atoms with Crippen LogP contribution in [-0.2, 0) is 11.2 Å². The first kappa shape index (κ1) is 14.0. The molecule has 0 unspecified atom stereocenters. The number of carbonyl (C=O) groups excluding carboxylic acids is 2. The molecule has 1 aromatic heterocycles. The van der Waals surface area contributed by atoms with Crippen molar-refractivity contribution in [1.82, 2.24) is 0 Å². The first-order valence-corrected chi connectivity index (χ1v) is 7.95. The van der Waals surface area contributed by atoms with Crippen molar-refractivity contribution in [2.75, 3.05) is 11.4 Å². The zero-order valence-electron chi connectivity index (χ0n) is 12.0. The van der Waals surface area contributed by atoms with Gasteiger partial charge in [0.05, 0.1) is 4.88 Å². The lowest BCUT2D eigenvalue weighted by Gasteiger charge is -2.16. The highest BCUT2D eigenvalue weighted by Crippen LogP contribution is 2.28. The second-order valence-electron chi connectivity index (χ2n) is 5.26. The van der Waals surface area contributed by atoms with Crippen molar-refractivity contribution < 1.29 is 9.59 Å². The van der Waals surface area contributed by atoms with Crippen LogP contribution < -0.4 is 4.90 Å². The average Bonchev–Trinajstić information content (AvgIpc) is 3.10. The Morgan fingerprint density at radius 3 is 2.71 bits per heavy atom. The second-order valence-corrected chi connectivity index (χ2v) is 6.55. The Morgan fingerprint density at radius 1 is 1.14 bits per heavy atom. The van der Waals surface area contributed by atoms with Crippen molar-refractivity contribution in [3.63, 3.8) is 0 Å². The van der Waals surface area contributed by atoms with Gasteiger partial charge in [0.15, 0.2) is 5.78 Å². The van der Waals surface area contributed by atoms with Gasteiger partial charge in [-0.25, -0.2) is 0 Å². The summed E-state index contributed by atoms with van der Waals surface area (Å²) in [6, 6.07) is 11.8. The van der Waals surface area contributed by atoms with Crippen LogP contribution in [0.3, 0.4) is 0 Å². The van der Waals surface area contributed by atoms with E-state index in [1.165, 1.54) is 16.9 Å². The first-order valence-electron chi connectivity index (χ1n) is 7.13. The van der Waals surface area contributed by atoms with E-state index in [2.05, 4.69) is 6.07 Å². The fourth-order valence-electron chi connectivity index (χ4n) is 2.66. The molecule has 2 aromatic rings. The summed E-state index contributed by atoms with van der Waals surface area (Å²) in [5.41, 5.74) is 2.22. The molecule has 0 radical (unpaired) electrons. The molecule has 0 spiro atoms. The maximum Gasteiger partial charge on any atom is 0.227 e. The molecule has 0 fully saturated rings. The van der Waals surface area contributed by atoms with Crippen molar-refractivity contribution in [3.05, 3.63) is 51.7 Å². The van der Waals surface area contributed by atoms with Crippen molar-refractivity contribution in [1.29, 1.82) is 0 Å². The number of para-hydroxylation sites is 1. The Hall–Kier alpha value is -1.94. The number of hydrogen-bond acceptors (Lipinski definition) is 3. The van der Waals surface area contributed by atoms with E-state index in [1.54, 1.807) is 0 Å². The Kier molecular flexibility index (Phi) is 3.88. The predicted octanol–water partition coefficient (Wildman–Crippen LogP) is 3.61. The van der Waals surface area contributed by atoms with Gasteiger partial charge in [-0.1, -0.05) is 18.2 Å². The lowest BCUT2D eigenvalue weighted by molar-refractivity contribution is -0.118. The Bertz CT molecular complexity index is 690. The Labute approximate surface area is 128 Å². The number of rotatable bonds is 4. The monoisotopic (exact) mass is 299 g/mol. The summed E-state index contributed by atoms with van der Waals surface area (Å²) >= 11 is 1.49. The number of carbonyl (C=O) groups is 2. The highest BCUT2D eigenvalue weighted by molar-refractivity contribution is 7.14. The fraction of sp³-hybridized carbons (Fsp3) is 0.294. The van der Waals surface area contributed by atoms with Gasteiger partial charge in [0, 0.05) is 30.0 Å². The molecule has 2 heterocycles. The number of ketones is 1. The summed E-state index contributed by atoms with van der Waals surface area (Å²) in [6.45, 7) is 2.71. The SMILES string of the molecule is Cc1ccc(C(=O)CCC(=O)N2CCc3ccccc32)s1. The average molecular weight is 299 g/mol. The molecule has 0 bridgehead atoms. The summed E-state index contributed by atoms with van der Waals surface area (Å²) in [5.74, 6) is 0.107. The molecule has 108 valence electrons. The van der Waals surface area contributed by atoms with E-state index in [0.717, 1.165) is 28.4 Å². The van der Waals surface area contributed by atoms with Crippen LogP contribution in [-0.4, -0.2) is 18.2 Å². The number of aryl methyl sites for hydroxylation is 1. The number of amides is 1. The van der Waals surface area contributed by atoms with Gasteiger partial charge < -0.3 is 4.90 Å². The Morgan fingerprint density at radius 2 is 1.95 bits per heavy atom. The summed E-state index contributed by atoms with van der Waals surface area (Å²) in [7, 11) is 0. The summed E-state index contributed by atoms with van der Waals surface area (Å²) in [4.78, 5) is 28.1. The number of hydrogen-bond donors (Lipinski definition) is 0. The minimum absolute atomic E-state index is 0.0431. The van der Waals surface area contributed by atoms with Crippen molar-refractivity contribution in [3.8, 4) is 0 Å². The van der Waals surface area contributed by atoms with E-state index in [9.17, 15) is 9.59 Å². The second kappa shape index (κ2) is 5.82. The zero-order valence-corrected chi connectivity index (χ0v) is 12.8. The van der Waals surface area contributed by atoms with Crippen LogP contribution in [0.25, 0.3) is 0 Å². The maximum absolute atomic E-state index is 12.3. The molecule has 3 nitrogen and oxygen atoms in total. The van der Waals surface area contributed by atoms with E-state index in [4.69, 9.17) is 0 Å². The minimum atomic E-state index is 0.0431. The van der Waals surface area contributed by atoms with Gasteiger partial charge in [-0.3, -0.25) is 9.59 Å². The van der Waals surface area contributed by atoms with Crippen LogP contribution in [0.15, 0.2) is 36.4 Å². The molecule has 0 N–H and O–H groups in total. The van der Waals surface area contributed by atoms with E-state index in [1.807, 2.05) is 42.2 Å². The topological polar surface area (TPSA) is 37.4 Å². The summed E-state index contributed by atoms with van der Waals surface area (Å²) in [5, 5.41) is 0. The van der Waals surface area contributed by atoms with E-state index in [-0.39, 0.29) is 24.5 Å². The van der Waals surface area contributed by atoms with E-state index < -0.39 is 0 Å². The van der Waals surface area contributed by atoms with Crippen LogP contribution in [0.1, 0.15) is 33.0 Å². The number of Topliss-reactive ketones (excluding diaryl/α,β-unsaturated/α-hetero) is 1. The molecule has 4 heteroatoms. The normalized spacial score (nSPS) is 13.3. The third-order valence-electron chi connectivity index (χ3n) is 3.77. The zero-order chi connectivity index (χ0) is 14.8. The molecule has 1 aliphatic heterocycles. The first-order chi connectivity index (χ1) is 10.1. The molecule has 1 aliphatic rings. The summed E-state index contributed by atoms with van der Waals surface area (Å²) < 4.78 is 0. The number of fused-ring (bicyclic) bond motifs is 1. The smallest absolute Gasteiger partial charge is 0.227 e. The third kappa shape index (κ3) is 2.90. The van der Waals surface area contributed by atoms with Crippen LogP contribution in [0.4, 0.5) is 5.69 Å². The van der Waals surface area contributed by atoms with E-state index in [0.29, 0.717) is 0 Å². The lowest BCUT2D eigenvalue weighted by atomic mass is 10.1. The molecule has 0 saturated heterocycles. The third-order valence-corrected chi connectivity index (χ3v) is 4.81. The number of anilines is 1. The van der Waals surface area contributed by atoms with E-state index >= 15 is 0 Å². The molecule has 0 saturated carbocycles. The molecular formula is C17H17NO2S. The van der Waals surface area contributed by atoms with Gasteiger partial charge in [-0.05, 0) is 37.1 Å². The quantitative estimate of drug-likeness (QED) is 0.809. The molecule has 1 aromatic carbocycles. The molecular weight excluding hydrogens is 282 g/mol. The fourth-order valence-corrected chi connectivity index (χ4v) is 3.50. The molecule has 3 rings (SSSR count). The molecule has 0 aliphatic carbocycles. The van der Waals surface area contributed by atoms with Gasteiger partial charge >= 0.3 is 0 Å². The largest absolute Gasteiger partial charge is 0.312 e. The maximum atomic E-state index is 12.3. The van der Waals surface area contributed by atoms with Gasteiger partial charge in [-0.15, -0.1) is 11.3 Å². The Balaban J connectivity index is 1.62. The van der Waals surface area contributed by atoms with Gasteiger partial charge in [0.25, 0.3) is 0 Å². The van der Waals surface area contributed by atoms with Crippen molar-refractivity contribution >= 4 is 28.7 Å². The minimum Gasteiger partial charge on any atom is -0.312 e.